The summed E-state index contributed by atoms with van der Waals surface area (Å²) in [6.45, 7) is 0.308. The predicted octanol–water partition coefficient (Wildman–Crippen LogP) is 1.91. The quantitative estimate of drug-likeness (QED) is 0.781. The second-order valence-electron chi connectivity index (χ2n) is 6.38. The monoisotopic (exact) mass is 349 g/mol. The third-order valence-corrected chi connectivity index (χ3v) is 4.58. The number of fused-ring (bicyclic) bond motifs is 2. The number of nitrogens with one attached hydrogen (secondary N) is 1. The van der Waals surface area contributed by atoms with Crippen LogP contribution in [0, 0.1) is 0 Å². The van der Waals surface area contributed by atoms with Crippen molar-refractivity contribution < 1.29 is 9.53 Å². The smallest absolute Gasteiger partial charge is 0.275 e. The van der Waals surface area contributed by atoms with Gasteiger partial charge in [-0.25, -0.2) is 4.68 Å². The summed E-state index contributed by atoms with van der Waals surface area (Å²) in [4.78, 5) is 24.6. The van der Waals surface area contributed by atoms with Crippen LogP contribution in [0.1, 0.15) is 12.0 Å². The Hall–Kier alpha value is -3.15. The highest BCUT2D eigenvalue weighted by Gasteiger charge is 2.20. The van der Waals surface area contributed by atoms with Gasteiger partial charge in [0.05, 0.1) is 18.1 Å². The summed E-state index contributed by atoms with van der Waals surface area (Å²) < 4.78 is 7.10. The van der Waals surface area contributed by atoms with E-state index in [0.29, 0.717) is 11.9 Å². The Bertz CT molecular complexity index is 1010. The molecule has 26 heavy (non-hydrogen) atoms. The second kappa shape index (κ2) is 7.00. The fourth-order valence-electron chi connectivity index (χ4n) is 3.18. The van der Waals surface area contributed by atoms with Crippen LogP contribution in [0.15, 0.2) is 59.5 Å². The highest BCUT2D eigenvalue weighted by atomic mass is 16.5. The minimum atomic E-state index is -0.263. The number of aromatic nitrogens is 2. The zero-order chi connectivity index (χ0) is 17.9. The molecule has 3 aromatic rings. The van der Waals surface area contributed by atoms with Crippen LogP contribution in [0.2, 0.25) is 0 Å². The third-order valence-electron chi connectivity index (χ3n) is 4.58. The van der Waals surface area contributed by atoms with Crippen LogP contribution >= 0.6 is 0 Å². The van der Waals surface area contributed by atoms with E-state index in [1.165, 1.54) is 10.2 Å². The van der Waals surface area contributed by atoms with E-state index in [4.69, 9.17) is 4.74 Å². The first-order chi connectivity index (χ1) is 12.7. The van der Waals surface area contributed by atoms with Gasteiger partial charge in [-0.2, -0.15) is 5.10 Å². The van der Waals surface area contributed by atoms with Crippen molar-refractivity contribution in [1.82, 2.24) is 15.1 Å². The van der Waals surface area contributed by atoms with Gasteiger partial charge in [0.2, 0.25) is 5.91 Å². The fraction of sp³-hybridized carbons (Fsp3) is 0.250. The molecule has 0 spiro atoms. The number of hydrogen-bond donors (Lipinski definition) is 1. The molecule has 0 bridgehead atoms. The van der Waals surface area contributed by atoms with Gasteiger partial charge in [-0.05, 0) is 30.5 Å². The summed E-state index contributed by atoms with van der Waals surface area (Å²) in [5.41, 5.74) is 0.933. The summed E-state index contributed by atoms with van der Waals surface area (Å²) in [7, 11) is 0. The van der Waals surface area contributed by atoms with Crippen molar-refractivity contribution in [3.63, 3.8) is 0 Å². The van der Waals surface area contributed by atoms with E-state index in [0.717, 1.165) is 24.0 Å². The van der Waals surface area contributed by atoms with Gasteiger partial charge in [0.1, 0.15) is 18.4 Å². The normalized spacial score (nSPS) is 15.9. The molecule has 2 heterocycles. The van der Waals surface area contributed by atoms with Gasteiger partial charge in [0, 0.05) is 5.39 Å². The lowest BCUT2D eigenvalue weighted by Crippen LogP contribution is -2.40. The number of amides is 1. The number of para-hydroxylation sites is 1. The highest BCUT2D eigenvalue weighted by molar-refractivity contribution is 5.81. The van der Waals surface area contributed by atoms with Gasteiger partial charge >= 0.3 is 0 Å². The van der Waals surface area contributed by atoms with E-state index in [9.17, 15) is 9.59 Å². The average molecular weight is 349 g/mol. The molecule has 4 rings (SSSR count). The summed E-state index contributed by atoms with van der Waals surface area (Å²) in [6.07, 6.45) is 3.33. The Kier molecular flexibility index (Phi) is 4.39. The van der Waals surface area contributed by atoms with Crippen LogP contribution in [0.4, 0.5) is 0 Å². The molecular formula is C20H19N3O3. The lowest BCUT2D eigenvalue weighted by molar-refractivity contribution is -0.122. The Morgan fingerprint density at radius 3 is 2.92 bits per heavy atom. The number of benzene rings is 2. The van der Waals surface area contributed by atoms with Gasteiger partial charge in [-0.1, -0.05) is 36.4 Å². The Morgan fingerprint density at radius 2 is 2.00 bits per heavy atom. The van der Waals surface area contributed by atoms with Crippen molar-refractivity contribution in [2.45, 2.75) is 25.5 Å². The first-order valence-electron chi connectivity index (χ1n) is 8.67. The van der Waals surface area contributed by atoms with Crippen LogP contribution in [0.3, 0.4) is 0 Å². The molecule has 1 aliphatic rings. The second-order valence-corrected chi connectivity index (χ2v) is 6.38. The molecule has 0 unspecified atom stereocenters. The molecule has 0 saturated carbocycles. The maximum absolute atomic E-state index is 12.4. The molecule has 1 atom stereocenters. The first-order valence-corrected chi connectivity index (χ1v) is 8.67. The van der Waals surface area contributed by atoms with Gasteiger partial charge in [0.25, 0.3) is 5.56 Å². The summed E-state index contributed by atoms with van der Waals surface area (Å²) in [6, 6.07) is 15.2. The Balaban J connectivity index is 1.38. The minimum Gasteiger partial charge on any atom is -0.488 e. The van der Waals surface area contributed by atoms with Crippen molar-refractivity contribution in [3.05, 3.63) is 70.6 Å². The van der Waals surface area contributed by atoms with E-state index in [2.05, 4.69) is 16.5 Å². The summed E-state index contributed by atoms with van der Waals surface area (Å²) >= 11 is 0. The van der Waals surface area contributed by atoms with E-state index >= 15 is 0 Å². The van der Waals surface area contributed by atoms with Crippen molar-refractivity contribution in [3.8, 4) is 5.75 Å². The van der Waals surface area contributed by atoms with Gasteiger partial charge in [0.15, 0.2) is 0 Å². The number of rotatable bonds is 4. The molecule has 0 saturated heterocycles. The van der Waals surface area contributed by atoms with Crippen LogP contribution < -0.4 is 15.6 Å². The average Bonchev–Trinajstić information content (AvgIpc) is 2.68. The molecule has 0 radical (unpaired) electrons. The van der Waals surface area contributed by atoms with E-state index in [-0.39, 0.29) is 24.1 Å². The number of carbonyl (C=O) groups excluding carboxylic acids is 1. The number of nitrogens with zero attached hydrogens (tertiary/aromatic N) is 2. The maximum atomic E-state index is 12.4. The largest absolute Gasteiger partial charge is 0.488 e. The van der Waals surface area contributed by atoms with Gasteiger partial charge in [-0.15, -0.1) is 0 Å². The lowest BCUT2D eigenvalue weighted by Gasteiger charge is -2.26. The molecule has 6 nitrogen and oxygen atoms in total. The van der Waals surface area contributed by atoms with E-state index in [1.54, 1.807) is 18.3 Å². The van der Waals surface area contributed by atoms with Crippen LogP contribution in [-0.4, -0.2) is 28.3 Å². The minimum absolute atomic E-state index is 0.0601. The third kappa shape index (κ3) is 3.31. The Morgan fingerprint density at radius 1 is 1.19 bits per heavy atom. The molecule has 1 aliphatic heterocycles. The summed E-state index contributed by atoms with van der Waals surface area (Å²) in [5, 5.41) is 8.25. The van der Waals surface area contributed by atoms with Crippen molar-refractivity contribution in [2.75, 3.05) is 6.54 Å². The molecular weight excluding hydrogens is 330 g/mol. The highest BCUT2D eigenvalue weighted by Crippen LogP contribution is 2.26. The standard InChI is InChI=1S/C20H19N3O3/c24-19(13-23-20(25)17-7-3-1-6-15(17)11-22-23)21-12-16-10-9-14-5-2-4-8-18(14)26-16/h1-8,11,16H,9-10,12-13H2,(H,21,24)/t16-/m1/s1. The predicted molar refractivity (Wildman–Crippen MR) is 98.2 cm³/mol. The summed E-state index contributed by atoms with van der Waals surface area (Å²) in [5.74, 6) is 0.628. The van der Waals surface area contributed by atoms with Crippen molar-refractivity contribution in [2.24, 2.45) is 0 Å². The van der Waals surface area contributed by atoms with Crippen LogP contribution in [0.5, 0.6) is 5.75 Å². The van der Waals surface area contributed by atoms with Crippen LogP contribution in [0.25, 0.3) is 10.8 Å². The van der Waals surface area contributed by atoms with E-state index < -0.39 is 0 Å². The molecule has 0 aliphatic carbocycles. The molecule has 1 aromatic heterocycles. The first kappa shape index (κ1) is 16.3. The van der Waals surface area contributed by atoms with Gasteiger partial charge in [-0.3, -0.25) is 9.59 Å². The van der Waals surface area contributed by atoms with Gasteiger partial charge < -0.3 is 10.1 Å². The zero-order valence-electron chi connectivity index (χ0n) is 14.2. The number of hydrogen-bond acceptors (Lipinski definition) is 4. The molecule has 2 aromatic carbocycles. The fourth-order valence-corrected chi connectivity index (χ4v) is 3.18. The van der Waals surface area contributed by atoms with Crippen molar-refractivity contribution >= 4 is 16.7 Å². The van der Waals surface area contributed by atoms with Crippen LogP contribution in [-0.2, 0) is 17.8 Å². The maximum Gasteiger partial charge on any atom is 0.275 e. The molecule has 6 heteroatoms. The molecule has 1 amide bonds. The molecule has 132 valence electrons. The SMILES string of the molecule is O=C(Cn1ncc2ccccc2c1=O)NC[C@H]1CCc2ccccc2O1. The molecule has 0 fully saturated rings. The topological polar surface area (TPSA) is 73.2 Å². The number of aryl methyl sites for hydroxylation is 1. The Labute approximate surface area is 150 Å². The van der Waals surface area contributed by atoms with E-state index in [1.807, 2.05) is 30.3 Å². The van der Waals surface area contributed by atoms with Crippen molar-refractivity contribution in [1.29, 1.82) is 0 Å². The number of carbonyl (C=O) groups is 1. The number of ether oxygens (including phenoxy) is 1. The zero-order valence-corrected chi connectivity index (χ0v) is 14.2. The lowest BCUT2D eigenvalue weighted by atomic mass is 10.0. The molecule has 1 N–H and O–H groups in total.